The van der Waals surface area contributed by atoms with Crippen molar-refractivity contribution in [3.05, 3.63) is 96.6 Å². The maximum Gasteiger partial charge on any atom is 0.248 e. The first-order valence-electron chi connectivity index (χ1n) is 9.51. The summed E-state index contributed by atoms with van der Waals surface area (Å²) in [5.74, 6) is 0. The van der Waals surface area contributed by atoms with Gasteiger partial charge in [0.2, 0.25) is 6.71 Å². The van der Waals surface area contributed by atoms with Crippen LogP contribution in [-0.4, -0.2) is 6.71 Å². The number of anilines is 3. The highest BCUT2D eigenvalue weighted by Gasteiger charge is 2.42. The van der Waals surface area contributed by atoms with Gasteiger partial charge in [-0.1, -0.05) is 78.3 Å². The van der Waals surface area contributed by atoms with Crippen LogP contribution >= 0.6 is 0 Å². The molecule has 0 bridgehead atoms. The van der Waals surface area contributed by atoms with Gasteiger partial charge in [0, 0.05) is 17.1 Å². The fourth-order valence-corrected chi connectivity index (χ4v) is 4.94. The molecule has 1 nitrogen and oxygen atoms in total. The second kappa shape index (κ2) is 5.37. The summed E-state index contributed by atoms with van der Waals surface area (Å²) < 4.78 is 0. The summed E-state index contributed by atoms with van der Waals surface area (Å²) in [6.07, 6.45) is 0. The Kier molecular flexibility index (Phi) is 2.96. The molecule has 2 aliphatic heterocycles. The van der Waals surface area contributed by atoms with Gasteiger partial charge in [-0.15, -0.1) is 0 Å². The first-order valence-corrected chi connectivity index (χ1v) is 9.51. The third-order valence-corrected chi connectivity index (χ3v) is 5.99. The molecular formula is C25H18BN. The molecule has 126 valence electrons. The smallest absolute Gasteiger partial charge is 0.248 e. The average Bonchev–Trinajstić information content (AvgIpc) is 3.06. The Balaban J connectivity index is 1.75. The number of aryl methyl sites for hydroxylation is 1. The normalized spacial score (nSPS) is 13.2. The number of nitrogens with zero attached hydrogens (tertiary/aromatic N) is 1. The van der Waals surface area contributed by atoms with Gasteiger partial charge in [-0.25, -0.2) is 0 Å². The minimum absolute atomic E-state index is 0.322. The van der Waals surface area contributed by atoms with Gasteiger partial charge in [-0.05, 0) is 52.7 Å². The molecule has 0 radical (unpaired) electrons. The third-order valence-electron chi connectivity index (χ3n) is 5.99. The van der Waals surface area contributed by atoms with E-state index in [1.54, 1.807) is 0 Å². The molecule has 0 aromatic heterocycles. The summed E-state index contributed by atoms with van der Waals surface area (Å²) in [4.78, 5) is 2.45. The van der Waals surface area contributed by atoms with Gasteiger partial charge in [0.1, 0.15) is 0 Å². The largest absolute Gasteiger partial charge is 0.311 e. The molecule has 0 fully saturated rings. The highest BCUT2D eigenvalue weighted by Crippen LogP contribution is 2.41. The van der Waals surface area contributed by atoms with E-state index in [1.165, 1.54) is 50.1 Å². The van der Waals surface area contributed by atoms with Crippen molar-refractivity contribution in [2.75, 3.05) is 4.90 Å². The summed E-state index contributed by atoms with van der Waals surface area (Å²) in [6.45, 7) is 2.55. The van der Waals surface area contributed by atoms with Crippen LogP contribution in [0.5, 0.6) is 0 Å². The van der Waals surface area contributed by atoms with Crippen molar-refractivity contribution in [1.82, 2.24) is 0 Å². The summed E-state index contributed by atoms with van der Waals surface area (Å²) in [5, 5.41) is 0. The van der Waals surface area contributed by atoms with Crippen molar-refractivity contribution in [2.24, 2.45) is 0 Å². The molecular weight excluding hydrogens is 325 g/mol. The predicted octanol–water partition coefficient (Wildman–Crippen LogP) is 4.27. The van der Waals surface area contributed by atoms with Gasteiger partial charge >= 0.3 is 0 Å². The Morgan fingerprint density at radius 2 is 1.33 bits per heavy atom. The van der Waals surface area contributed by atoms with Crippen molar-refractivity contribution in [3.63, 3.8) is 0 Å². The zero-order chi connectivity index (χ0) is 18.0. The highest BCUT2D eigenvalue weighted by atomic mass is 15.2. The van der Waals surface area contributed by atoms with Crippen LogP contribution in [0.25, 0.3) is 11.1 Å². The quantitative estimate of drug-likeness (QED) is 0.403. The van der Waals surface area contributed by atoms with Crippen LogP contribution in [0.1, 0.15) is 5.56 Å². The number of hydrogen-bond acceptors (Lipinski definition) is 1. The molecule has 2 heterocycles. The summed E-state index contributed by atoms with van der Waals surface area (Å²) >= 11 is 0. The van der Waals surface area contributed by atoms with E-state index in [0.717, 1.165) is 0 Å². The molecule has 6 rings (SSSR count). The fraction of sp³-hybridized carbons (Fsp3) is 0.0400. The first kappa shape index (κ1) is 14.9. The molecule has 2 aliphatic rings. The van der Waals surface area contributed by atoms with Crippen molar-refractivity contribution in [2.45, 2.75) is 6.92 Å². The molecule has 0 spiro atoms. The van der Waals surface area contributed by atoms with E-state index in [-0.39, 0.29) is 0 Å². The lowest BCUT2D eigenvalue weighted by molar-refractivity contribution is 1.26. The van der Waals surface area contributed by atoms with Gasteiger partial charge in [0.25, 0.3) is 0 Å². The predicted molar refractivity (Wildman–Crippen MR) is 116 cm³/mol. The molecule has 0 saturated carbocycles. The van der Waals surface area contributed by atoms with E-state index in [0.29, 0.717) is 6.71 Å². The molecule has 27 heavy (non-hydrogen) atoms. The number of benzene rings is 4. The molecule has 0 saturated heterocycles. The number of rotatable bonds is 1. The van der Waals surface area contributed by atoms with Crippen LogP contribution in [0.2, 0.25) is 0 Å². The average molecular weight is 343 g/mol. The molecule has 2 heteroatoms. The molecule has 0 unspecified atom stereocenters. The molecule has 0 aliphatic carbocycles. The van der Waals surface area contributed by atoms with Crippen LogP contribution in [0.15, 0.2) is 91.0 Å². The van der Waals surface area contributed by atoms with E-state index in [2.05, 4.69) is 103 Å². The summed E-state index contributed by atoms with van der Waals surface area (Å²) in [7, 11) is 0. The Bertz CT molecular complexity index is 1200. The van der Waals surface area contributed by atoms with Crippen LogP contribution in [-0.2, 0) is 0 Å². The van der Waals surface area contributed by atoms with E-state index >= 15 is 0 Å². The SMILES string of the molecule is Cc1cccc2c1N(c1ccccc1)c1cccc3c1B2c1ccccc1-3. The van der Waals surface area contributed by atoms with Gasteiger partial charge < -0.3 is 4.90 Å². The second-order valence-corrected chi connectivity index (χ2v) is 7.44. The molecule has 0 atom stereocenters. The van der Waals surface area contributed by atoms with Crippen molar-refractivity contribution < 1.29 is 0 Å². The molecule has 4 aromatic rings. The number of para-hydroxylation sites is 2. The van der Waals surface area contributed by atoms with Crippen LogP contribution in [0, 0.1) is 6.92 Å². The minimum Gasteiger partial charge on any atom is -0.311 e. The van der Waals surface area contributed by atoms with E-state index in [4.69, 9.17) is 0 Å². The van der Waals surface area contributed by atoms with Crippen molar-refractivity contribution >= 4 is 40.2 Å². The maximum atomic E-state index is 2.45. The number of hydrogen-bond donors (Lipinski definition) is 0. The lowest BCUT2D eigenvalue weighted by atomic mass is 9.37. The Hall–Kier alpha value is -3.26. The first-order chi connectivity index (χ1) is 13.3. The second-order valence-electron chi connectivity index (χ2n) is 7.44. The van der Waals surface area contributed by atoms with E-state index in [9.17, 15) is 0 Å². The summed E-state index contributed by atoms with van der Waals surface area (Å²) in [6, 6.07) is 33.1. The minimum atomic E-state index is 0.322. The van der Waals surface area contributed by atoms with Crippen LogP contribution < -0.4 is 21.3 Å². The number of fused-ring (bicyclic) bond motifs is 5. The van der Waals surface area contributed by atoms with Gasteiger partial charge in [0.05, 0.1) is 0 Å². The van der Waals surface area contributed by atoms with E-state index < -0.39 is 0 Å². The molecule has 0 N–H and O–H groups in total. The van der Waals surface area contributed by atoms with Gasteiger partial charge in [0.15, 0.2) is 0 Å². The van der Waals surface area contributed by atoms with E-state index in [1.807, 2.05) is 0 Å². The Morgan fingerprint density at radius 1 is 0.630 bits per heavy atom. The zero-order valence-corrected chi connectivity index (χ0v) is 15.2. The van der Waals surface area contributed by atoms with Crippen LogP contribution in [0.4, 0.5) is 17.1 Å². The summed E-state index contributed by atoms with van der Waals surface area (Å²) in [5.41, 5.74) is 12.2. The monoisotopic (exact) mass is 343 g/mol. The Labute approximate surface area is 160 Å². The lowest BCUT2D eigenvalue weighted by Crippen LogP contribution is -2.54. The standard InChI is InChI=1S/C25H18BN/c1-17-9-7-15-22-25(17)27(18-10-3-2-4-11-18)23-16-8-13-20-19-12-5-6-14-21(19)26(22)24(20)23/h2-16H,1H3. The highest BCUT2D eigenvalue weighted by molar-refractivity contribution is 7.01. The van der Waals surface area contributed by atoms with Gasteiger partial charge in [-0.3, -0.25) is 0 Å². The maximum absolute atomic E-state index is 2.45. The lowest BCUT2D eigenvalue weighted by Gasteiger charge is -2.37. The fourth-order valence-electron chi connectivity index (χ4n) is 4.94. The Morgan fingerprint density at radius 3 is 2.22 bits per heavy atom. The topological polar surface area (TPSA) is 3.24 Å². The molecule has 4 aromatic carbocycles. The van der Waals surface area contributed by atoms with Gasteiger partial charge in [-0.2, -0.15) is 0 Å². The zero-order valence-electron chi connectivity index (χ0n) is 15.2. The van der Waals surface area contributed by atoms with Crippen molar-refractivity contribution in [3.8, 4) is 11.1 Å². The van der Waals surface area contributed by atoms with Crippen molar-refractivity contribution in [1.29, 1.82) is 0 Å². The third kappa shape index (κ3) is 1.90. The van der Waals surface area contributed by atoms with Crippen LogP contribution in [0.3, 0.4) is 0 Å². The molecule has 0 amide bonds.